The third-order valence-electron chi connectivity index (χ3n) is 1.73. The minimum absolute atomic E-state index is 0.260. The third kappa shape index (κ3) is 3.70. The van der Waals surface area contributed by atoms with Crippen molar-refractivity contribution in [3.63, 3.8) is 0 Å². The summed E-state index contributed by atoms with van der Waals surface area (Å²) >= 11 is 3.30. The predicted octanol–water partition coefficient (Wildman–Crippen LogP) is 2.64. The first-order valence-corrected chi connectivity index (χ1v) is 4.97. The molecule has 13 heavy (non-hydrogen) atoms. The van der Waals surface area contributed by atoms with Crippen LogP contribution in [0.5, 0.6) is 0 Å². The van der Waals surface area contributed by atoms with Gasteiger partial charge in [-0.3, -0.25) is 4.98 Å². The van der Waals surface area contributed by atoms with Crippen LogP contribution in [0.1, 0.15) is 18.7 Å². The lowest BCUT2D eigenvalue weighted by atomic mass is 10.2. The van der Waals surface area contributed by atoms with Crippen LogP contribution >= 0.6 is 15.9 Å². The van der Waals surface area contributed by atoms with Crippen molar-refractivity contribution >= 4 is 15.9 Å². The molecule has 0 aliphatic rings. The molecule has 1 aromatic rings. The zero-order valence-electron chi connectivity index (χ0n) is 7.63. The minimum atomic E-state index is 0.260. The fraction of sp³-hybridized carbons (Fsp3) is 0.300. The van der Waals surface area contributed by atoms with Gasteiger partial charge < -0.3 is 5.32 Å². The van der Waals surface area contributed by atoms with Gasteiger partial charge in [-0.05, 0) is 19.1 Å². The summed E-state index contributed by atoms with van der Waals surface area (Å²) in [6, 6.07) is 6.17. The lowest BCUT2D eigenvalue weighted by molar-refractivity contribution is 0.599. The Kier molecular flexibility index (Phi) is 4.12. The van der Waals surface area contributed by atoms with E-state index in [0.29, 0.717) is 0 Å². The highest BCUT2D eigenvalue weighted by Crippen LogP contribution is 2.09. The SMILES string of the molecule is C=C(Br)CN[C@@H](C)c1ccccn1. The van der Waals surface area contributed by atoms with E-state index in [0.717, 1.165) is 16.7 Å². The van der Waals surface area contributed by atoms with Gasteiger partial charge in [-0.2, -0.15) is 0 Å². The standard InChI is InChI=1S/C10H13BrN2/c1-8(11)7-13-9(2)10-5-3-4-6-12-10/h3-6,9,13H,1,7H2,2H3/t9-/m0/s1. The quantitative estimate of drug-likeness (QED) is 0.876. The Morgan fingerprint density at radius 1 is 1.69 bits per heavy atom. The second-order valence-corrected chi connectivity index (χ2v) is 4.00. The smallest absolute Gasteiger partial charge is 0.0570 e. The molecule has 1 N–H and O–H groups in total. The van der Waals surface area contributed by atoms with E-state index in [1.165, 1.54) is 0 Å². The van der Waals surface area contributed by atoms with Gasteiger partial charge in [0.25, 0.3) is 0 Å². The van der Waals surface area contributed by atoms with Gasteiger partial charge in [-0.1, -0.05) is 28.6 Å². The lowest BCUT2D eigenvalue weighted by Crippen LogP contribution is -2.20. The lowest BCUT2D eigenvalue weighted by Gasteiger charge is -2.11. The van der Waals surface area contributed by atoms with Crippen molar-refractivity contribution in [3.05, 3.63) is 41.2 Å². The number of hydrogen-bond donors (Lipinski definition) is 1. The van der Waals surface area contributed by atoms with Crippen LogP contribution in [0.25, 0.3) is 0 Å². The van der Waals surface area contributed by atoms with E-state index >= 15 is 0 Å². The van der Waals surface area contributed by atoms with Crippen LogP contribution in [0.3, 0.4) is 0 Å². The first-order valence-electron chi connectivity index (χ1n) is 4.17. The maximum atomic E-state index is 4.25. The van der Waals surface area contributed by atoms with E-state index in [4.69, 9.17) is 0 Å². The molecule has 0 aliphatic carbocycles. The summed E-state index contributed by atoms with van der Waals surface area (Å²) in [6.45, 7) is 6.60. The third-order valence-corrected chi connectivity index (χ3v) is 2.01. The largest absolute Gasteiger partial charge is 0.304 e. The van der Waals surface area contributed by atoms with Gasteiger partial charge in [0.15, 0.2) is 0 Å². The van der Waals surface area contributed by atoms with Crippen LogP contribution in [0.2, 0.25) is 0 Å². The van der Waals surface area contributed by atoms with Crippen LogP contribution < -0.4 is 5.32 Å². The van der Waals surface area contributed by atoms with Gasteiger partial charge in [0, 0.05) is 23.3 Å². The highest BCUT2D eigenvalue weighted by molar-refractivity contribution is 9.11. The van der Waals surface area contributed by atoms with E-state index < -0.39 is 0 Å². The highest BCUT2D eigenvalue weighted by atomic mass is 79.9. The Hall–Kier alpha value is -0.670. The molecular formula is C10H13BrN2. The van der Waals surface area contributed by atoms with Gasteiger partial charge in [-0.15, -0.1) is 0 Å². The van der Waals surface area contributed by atoms with Gasteiger partial charge in [0.1, 0.15) is 0 Å². The summed E-state index contributed by atoms with van der Waals surface area (Å²) in [6.07, 6.45) is 1.80. The van der Waals surface area contributed by atoms with Crippen LogP contribution in [0.4, 0.5) is 0 Å². The van der Waals surface area contributed by atoms with Gasteiger partial charge in [0.05, 0.1) is 5.69 Å². The van der Waals surface area contributed by atoms with Gasteiger partial charge in [-0.25, -0.2) is 0 Å². The monoisotopic (exact) mass is 240 g/mol. The molecule has 0 radical (unpaired) electrons. The topological polar surface area (TPSA) is 24.9 Å². The fourth-order valence-corrected chi connectivity index (χ4v) is 1.16. The van der Waals surface area contributed by atoms with Crippen molar-refractivity contribution in [1.29, 1.82) is 0 Å². The molecule has 0 aromatic carbocycles. The number of pyridine rings is 1. The van der Waals surface area contributed by atoms with E-state index in [9.17, 15) is 0 Å². The Bertz CT molecular complexity index is 272. The number of nitrogens with zero attached hydrogens (tertiary/aromatic N) is 1. The van der Waals surface area contributed by atoms with Crippen molar-refractivity contribution in [3.8, 4) is 0 Å². The summed E-state index contributed by atoms with van der Waals surface area (Å²) < 4.78 is 0.954. The molecule has 0 saturated carbocycles. The normalized spacial score (nSPS) is 12.5. The molecule has 0 amide bonds. The molecule has 1 atom stereocenters. The molecule has 0 unspecified atom stereocenters. The molecule has 0 bridgehead atoms. The van der Waals surface area contributed by atoms with Crippen molar-refractivity contribution in [2.24, 2.45) is 0 Å². The number of rotatable bonds is 4. The molecule has 3 heteroatoms. The Morgan fingerprint density at radius 3 is 3.00 bits per heavy atom. The molecule has 0 aliphatic heterocycles. The summed E-state index contributed by atoms with van der Waals surface area (Å²) in [5, 5.41) is 3.29. The summed E-state index contributed by atoms with van der Waals surface area (Å²) in [5.74, 6) is 0. The van der Waals surface area contributed by atoms with E-state index in [2.05, 4.69) is 39.7 Å². The Labute approximate surface area is 87.2 Å². The molecular weight excluding hydrogens is 228 g/mol. The van der Waals surface area contributed by atoms with Crippen molar-refractivity contribution in [1.82, 2.24) is 10.3 Å². The number of halogens is 1. The number of nitrogens with one attached hydrogen (secondary N) is 1. The Balaban J connectivity index is 2.49. The highest BCUT2D eigenvalue weighted by Gasteiger charge is 2.04. The molecule has 1 rings (SSSR count). The summed E-state index contributed by atoms with van der Waals surface area (Å²) in [4.78, 5) is 4.25. The average molecular weight is 241 g/mol. The molecule has 1 aromatic heterocycles. The molecule has 1 heterocycles. The van der Waals surface area contributed by atoms with Crippen LogP contribution in [0, 0.1) is 0 Å². The van der Waals surface area contributed by atoms with Crippen molar-refractivity contribution in [2.45, 2.75) is 13.0 Å². The zero-order valence-corrected chi connectivity index (χ0v) is 9.21. The van der Waals surface area contributed by atoms with E-state index in [-0.39, 0.29) is 6.04 Å². The number of hydrogen-bond acceptors (Lipinski definition) is 2. The van der Waals surface area contributed by atoms with Crippen molar-refractivity contribution in [2.75, 3.05) is 6.54 Å². The Morgan fingerprint density at radius 2 is 2.46 bits per heavy atom. The zero-order chi connectivity index (χ0) is 9.68. The molecule has 0 saturated heterocycles. The molecule has 2 nitrogen and oxygen atoms in total. The second-order valence-electron chi connectivity index (χ2n) is 2.87. The van der Waals surface area contributed by atoms with Crippen LogP contribution in [-0.2, 0) is 0 Å². The van der Waals surface area contributed by atoms with Crippen LogP contribution in [-0.4, -0.2) is 11.5 Å². The summed E-state index contributed by atoms with van der Waals surface area (Å²) in [5.41, 5.74) is 1.05. The fourth-order valence-electron chi connectivity index (χ4n) is 1.00. The predicted molar refractivity (Wildman–Crippen MR) is 58.7 cm³/mol. The average Bonchev–Trinajstić information content (AvgIpc) is 2.15. The summed E-state index contributed by atoms with van der Waals surface area (Å²) in [7, 11) is 0. The molecule has 70 valence electrons. The van der Waals surface area contributed by atoms with Crippen LogP contribution in [0.15, 0.2) is 35.5 Å². The van der Waals surface area contributed by atoms with E-state index in [1.807, 2.05) is 18.2 Å². The minimum Gasteiger partial charge on any atom is -0.304 e. The van der Waals surface area contributed by atoms with Crippen molar-refractivity contribution < 1.29 is 0 Å². The maximum Gasteiger partial charge on any atom is 0.0570 e. The van der Waals surface area contributed by atoms with E-state index in [1.54, 1.807) is 6.20 Å². The number of aromatic nitrogens is 1. The second kappa shape index (κ2) is 5.14. The molecule has 0 spiro atoms. The van der Waals surface area contributed by atoms with Gasteiger partial charge in [0.2, 0.25) is 0 Å². The molecule has 0 fully saturated rings. The first-order chi connectivity index (χ1) is 6.20. The first kappa shape index (κ1) is 10.4. The van der Waals surface area contributed by atoms with Gasteiger partial charge >= 0.3 is 0 Å². The maximum absolute atomic E-state index is 4.25.